The number of hydrogen-bond acceptors (Lipinski definition) is 2. The molecule has 0 bridgehead atoms. The summed E-state index contributed by atoms with van der Waals surface area (Å²) in [6, 6.07) is 0. The average molecular weight is 225 g/mol. The van der Waals surface area contributed by atoms with Crippen LogP contribution in [0.15, 0.2) is 11.6 Å². The number of likely N-dealkylation sites (tertiary alicyclic amines) is 1. The van der Waals surface area contributed by atoms with Crippen molar-refractivity contribution in [1.82, 2.24) is 4.90 Å². The van der Waals surface area contributed by atoms with E-state index in [9.17, 15) is 4.79 Å². The van der Waals surface area contributed by atoms with E-state index in [2.05, 4.69) is 25.7 Å². The van der Waals surface area contributed by atoms with Gasteiger partial charge in [0.25, 0.3) is 0 Å². The van der Waals surface area contributed by atoms with E-state index >= 15 is 0 Å². The van der Waals surface area contributed by atoms with Crippen LogP contribution >= 0.6 is 0 Å². The molecule has 0 amide bonds. The van der Waals surface area contributed by atoms with Gasteiger partial charge in [-0.3, -0.25) is 4.90 Å². The van der Waals surface area contributed by atoms with Gasteiger partial charge < -0.3 is 5.11 Å². The van der Waals surface area contributed by atoms with Gasteiger partial charge in [-0.1, -0.05) is 6.08 Å². The van der Waals surface area contributed by atoms with Crippen molar-refractivity contribution in [2.24, 2.45) is 5.92 Å². The van der Waals surface area contributed by atoms with Crippen molar-refractivity contribution in [3.8, 4) is 0 Å². The third kappa shape index (κ3) is 3.63. The van der Waals surface area contributed by atoms with Gasteiger partial charge in [-0.25, -0.2) is 4.79 Å². The second-order valence-corrected chi connectivity index (χ2v) is 5.67. The van der Waals surface area contributed by atoms with Crippen LogP contribution in [0.3, 0.4) is 0 Å². The highest BCUT2D eigenvalue weighted by molar-refractivity contribution is 5.85. The summed E-state index contributed by atoms with van der Waals surface area (Å²) in [5.41, 5.74) is 0.657. The Morgan fingerprint density at radius 2 is 2.06 bits per heavy atom. The second kappa shape index (κ2) is 5.00. The molecule has 3 heteroatoms. The number of carboxylic acid groups (broad SMARTS) is 1. The third-order valence-electron chi connectivity index (χ3n) is 3.23. The van der Waals surface area contributed by atoms with Crippen LogP contribution in [-0.2, 0) is 4.79 Å². The van der Waals surface area contributed by atoms with Gasteiger partial charge in [0.1, 0.15) is 0 Å². The molecule has 1 unspecified atom stereocenters. The first-order valence-electron chi connectivity index (χ1n) is 5.97. The summed E-state index contributed by atoms with van der Waals surface area (Å²) in [5, 5.41) is 8.86. The van der Waals surface area contributed by atoms with Crippen molar-refractivity contribution < 1.29 is 9.90 Å². The van der Waals surface area contributed by atoms with E-state index in [-0.39, 0.29) is 5.54 Å². The number of carboxylic acids is 1. The van der Waals surface area contributed by atoms with Crippen LogP contribution in [0.4, 0.5) is 0 Å². The lowest BCUT2D eigenvalue weighted by Gasteiger charge is -2.41. The molecule has 1 aliphatic heterocycles. The predicted octanol–water partition coefficient (Wildman–Crippen LogP) is 2.53. The fourth-order valence-electron chi connectivity index (χ4n) is 2.18. The number of piperidine rings is 1. The third-order valence-corrected chi connectivity index (χ3v) is 3.23. The van der Waals surface area contributed by atoms with Crippen LogP contribution in [0.2, 0.25) is 0 Å². The molecule has 1 N–H and O–H groups in total. The highest BCUT2D eigenvalue weighted by Gasteiger charge is 2.27. The van der Waals surface area contributed by atoms with Crippen LogP contribution in [-0.4, -0.2) is 34.6 Å². The highest BCUT2D eigenvalue weighted by Crippen LogP contribution is 2.25. The first kappa shape index (κ1) is 13.2. The van der Waals surface area contributed by atoms with Gasteiger partial charge in [0, 0.05) is 17.7 Å². The molecule has 1 fully saturated rings. The molecule has 0 aromatic heterocycles. The number of hydrogen-bond donors (Lipinski definition) is 1. The number of carbonyl (C=O) groups is 1. The topological polar surface area (TPSA) is 40.5 Å². The zero-order valence-electron chi connectivity index (χ0n) is 10.8. The van der Waals surface area contributed by atoms with Gasteiger partial charge in [0.15, 0.2) is 0 Å². The lowest BCUT2D eigenvalue weighted by molar-refractivity contribution is -0.132. The normalized spacial score (nSPS) is 24.5. The summed E-state index contributed by atoms with van der Waals surface area (Å²) in [4.78, 5) is 13.2. The zero-order chi connectivity index (χ0) is 12.3. The van der Waals surface area contributed by atoms with Gasteiger partial charge in [-0.2, -0.15) is 0 Å². The Kier molecular flexibility index (Phi) is 4.14. The van der Waals surface area contributed by atoms with E-state index in [1.165, 1.54) is 0 Å². The SMILES string of the molecule is C/C(=C\C1CCCN(C(C)(C)C)C1)C(=O)O. The molecule has 1 rings (SSSR count). The number of aliphatic carboxylic acids is 1. The average Bonchev–Trinajstić information content (AvgIpc) is 2.16. The fourth-order valence-corrected chi connectivity index (χ4v) is 2.18. The molecule has 0 spiro atoms. The Morgan fingerprint density at radius 1 is 1.44 bits per heavy atom. The summed E-state index contributed by atoms with van der Waals surface area (Å²) in [5.74, 6) is -0.406. The van der Waals surface area contributed by atoms with Gasteiger partial charge in [-0.05, 0) is 53.0 Å². The molecule has 3 nitrogen and oxygen atoms in total. The number of nitrogens with zero attached hydrogens (tertiary/aromatic N) is 1. The highest BCUT2D eigenvalue weighted by atomic mass is 16.4. The molecular formula is C13H23NO2. The summed E-state index contributed by atoms with van der Waals surface area (Å²) in [7, 11) is 0. The zero-order valence-corrected chi connectivity index (χ0v) is 10.8. The summed E-state index contributed by atoms with van der Waals surface area (Å²) < 4.78 is 0. The maximum Gasteiger partial charge on any atom is 0.330 e. The van der Waals surface area contributed by atoms with E-state index in [0.717, 1.165) is 25.9 Å². The first-order chi connectivity index (χ1) is 7.30. The van der Waals surface area contributed by atoms with Crippen LogP contribution in [0.25, 0.3) is 0 Å². The lowest BCUT2D eigenvalue weighted by Crippen LogP contribution is -2.47. The van der Waals surface area contributed by atoms with E-state index in [1.54, 1.807) is 6.92 Å². The minimum absolute atomic E-state index is 0.184. The van der Waals surface area contributed by atoms with Crippen LogP contribution in [0, 0.1) is 5.92 Å². The Labute approximate surface area is 98.1 Å². The standard InChI is InChI=1S/C13H23NO2/c1-10(12(15)16)8-11-6-5-7-14(9-11)13(2,3)4/h8,11H,5-7,9H2,1-4H3,(H,15,16)/b10-8+. The van der Waals surface area contributed by atoms with Gasteiger partial charge in [0.2, 0.25) is 0 Å². The summed E-state index contributed by atoms with van der Waals surface area (Å²) >= 11 is 0. The first-order valence-corrected chi connectivity index (χ1v) is 5.97. The molecule has 1 heterocycles. The molecule has 0 aliphatic carbocycles. The molecule has 92 valence electrons. The van der Waals surface area contributed by atoms with Crippen molar-refractivity contribution in [3.05, 3.63) is 11.6 Å². The molecular weight excluding hydrogens is 202 g/mol. The molecule has 16 heavy (non-hydrogen) atoms. The van der Waals surface area contributed by atoms with Gasteiger partial charge in [-0.15, -0.1) is 0 Å². The Balaban J connectivity index is 2.65. The van der Waals surface area contributed by atoms with Crippen LogP contribution in [0.1, 0.15) is 40.5 Å². The maximum atomic E-state index is 10.8. The Hall–Kier alpha value is -0.830. The molecule has 1 aliphatic rings. The molecule has 0 saturated carbocycles. The van der Waals surface area contributed by atoms with Gasteiger partial charge in [0.05, 0.1) is 0 Å². The quantitative estimate of drug-likeness (QED) is 0.734. The van der Waals surface area contributed by atoms with Crippen molar-refractivity contribution in [3.63, 3.8) is 0 Å². The second-order valence-electron chi connectivity index (χ2n) is 5.67. The fraction of sp³-hybridized carbons (Fsp3) is 0.769. The molecule has 0 radical (unpaired) electrons. The monoisotopic (exact) mass is 225 g/mol. The minimum Gasteiger partial charge on any atom is -0.478 e. The largest absolute Gasteiger partial charge is 0.478 e. The summed E-state index contributed by atoms with van der Waals surface area (Å²) in [6.45, 7) is 10.4. The Morgan fingerprint density at radius 3 is 2.56 bits per heavy atom. The van der Waals surface area contributed by atoms with E-state index in [0.29, 0.717) is 11.5 Å². The van der Waals surface area contributed by atoms with E-state index in [1.807, 2.05) is 6.08 Å². The smallest absolute Gasteiger partial charge is 0.330 e. The van der Waals surface area contributed by atoms with Crippen molar-refractivity contribution in [2.45, 2.75) is 46.1 Å². The number of rotatable bonds is 2. The molecule has 0 aromatic rings. The van der Waals surface area contributed by atoms with Crippen molar-refractivity contribution in [2.75, 3.05) is 13.1 Å². The van der Waals surface area contributed by atoms with Crippen molar-refractivity contribution >= 4 is 5.97 Å². The van der Waals surface area contributed by atoms with Crippen LogP contribution in [0.5, 0.6) is 0 Å². The van der Waals surface area contributed by atoms with E-state index < -0.39 is 5.97 Å². The van der Waals surface area contributed by atoms with Gasteiger partial charge >= 0.3 is 5.97 Å². The predicted molar refractivity (Wildman–Crippen MR) is 65.4 cm³/mol. The van der Waals surface area contributed by atoms with E-state index in [4.69, 9.17) is 5.11 Å². The summed E-state index contributed by atoms with van der Waals surface area (Å²) in [6.07, 6.45) is 4.18. The Bertz CT molecular complexity index is 289. The maximum absolute atomic E-state index is 10.8. The van der Waals surface area contributed by atoms with Crippen molar-refractivity contribution in [1.29, 1.82) is 0 Å². The lowest BCUT2D eigenvalue weighted by atomic mass is 9.92. The minimum atomic E-state index is -0.798. The molecule has 1 atom stereocenters. The molecule has 1 saturated heterocycles. The van der Waals surface area contributed by atoms with Crippen LogP contribution < -0.4 is 0 Å². The molecule has 0 aromatic carbocycles.